The minimum atomic E-state index is -0.0100. The van der Waals surface area contributed by atoms with Gasteiger partial charge in [0.15, 0.2) is 18.1 Å². The highest BCUT2D eigenvalue weighted by Crippen LogP contribution is 2.37. The Morgan fingerprint density at radius 1 is 0.889 bits per heavy atom. The molecule has 0 aliphatic carbocycles. The van der Waals surface area contributed by atoms with E-state index in [-0.39, 0.29) is 18.4 Å². The summed E-state index contributed by atoms with van der Waals surface area (Å²) in [6, 6.07) is 12.1. The van der Waals surface area contributed by atoms with Crippen molar-refractivity contribution >= 4 is 11.6 Å². The summed E-state index contributed by atoms with van der Waals surface area (Å²) in [7, 11) is 0. The van der Waals surface area contributed by atoms with Crippen LogP contribution in [-0.2, 0) is 4.79 Å². The topological polar surface area (TPSA) is 48.0 Å². The number of anilines is 1. The molecule has 0 saturated carbocycles. The quantitative estimate of drug-likeness (QED) is 0.816. The molecule has 1 unspecified atom stereocenters. The van der Waals surface area contributed by atoms with E-state index in [0.717, 1.165) is 28.5 Å². The molecule has 142 valence electrons. The molecular weight excluding hydrogens is 342 g/mol. The first-order valence-corrected chi connectivity index (χ1v) is 9.49. The van der Waals surface area contributed by atoms with Crippen molar-refractivity contribution in [3.8, 4) is 17.2 Å². The first-order valence-electron chi connectivity index (χ1n) is 9.49. The van der Waals surface area contributed by atoms with Crippen molar-refractivity contribution in [2.45, 2.75) is 32.6 Å². The summed E-state index contributed by atoms with van der Waals surface area (Å²) in [5.74, 6) is 2.91. The Balaban J connectivity index is 1.58. The summed E-state index contributed by atoms with van der Waals surface area (Å²) in [4.78, 5) is 14.4. The molecule has 4 rings (SSSR count). The van der Waals surface area contributed by atoms with Gasteiger partial charge < -0.3 is 19.1 Å². The van der Waals surface area contributed by atoms with Crippen LogP contribution in [0.3, 0.4) is 0 Å². The van der Waals surface area contributed by atoms with Gasteiger partial charge in [0.2, 0.25) is 0 Å². The lowest BCUT2D eigenvalue weighted by molar-refractivity contribution is -0.121. The van der Waals surface area contributed by atoms with E-state index in [1.54, 1.807) is 0 Å². The predicted molar refractivity (Wildman–Crippen MR) is 104 cm³/mol. The Morgan fingerprint density at radius 3 is 2.37 bits per heavy atom. The molecule has 0 saturated heterocycles. The predicted octanol–water partition coefficient (Wildman–Crippen LogP) is 4.11. The van der Waals surface area contributed by atoms with Crippen LogP contribution in [0.2, 0.25) is 0 Å². The van der Waals surface area contributed by atoms with E-state index in [1.165, 1.54) is 5.56 Å². The van der Waals surface area contributed by atoms with Crippen LogP contribution >= 0.6 is 0 Å². The van der Waals surface area contributed by atoms with Gasteiger partial charge in [0.1, 0.15) is 19.0 Å². The fourth-order valence-electron chi connectivity index (χ4n) is 3.53. The maximum atomic E-state index is 12.5. The molecule has 2 aliphatic rings. The molecule has 0 spiro atoms. The van der Waals surface area contributed by atoms with Gasteiger partial charge in [-0.05, 0) is 47.2 Å². The molecular formula is C22H25NO4. The second kappa shape index (κ2) is 7.14. The van der Waals surface area contributed by atoms with Crippen LogP contribution in [0.15, 0.2) is 36.4 Å². The molecule has 2 aromatic rings. The SMILES string of the molecule is CC(C)c1ccc2c(c1)OCC(=O)N2CC(C)c1ccc2c(c1)OCCO2. The van der Waals surface area contributed by atoms with Crippen LogP contribution in [0.25, 0.3) is 0 Å². The summed E-state index contributed by atoms with van der Waals surface area (Å²) >= 11 is 0. The van der Waals surface area contributed by atoms with E-state index in [4.69, 9.17) is 14.2 Å². The van der Waals surface area contributed by atoms with E-state index >= 15 is 0 Å². The average Bonchev–Trinajstić information content (AvgIpc) is 2.69. The van der Waals surface area contributed by atoms with Crippen LogP contribution in [0, 0.1) is 0 Å². The van der Waals surface area contributed by atoms with Gasteiger partial charge in [0.25, 0.3) is 5.91 Å². The third kappa shape index (κ3) is 3.46. The second-order valence-electron chi connectivity index (χ2n) is 7.48. The third-order valence-corrected chi connectivity index (χ3v) is 5.19. The van der Waals surface area contributed by atoms with E-state index in [2.05, 4.69) is 26.8 Å². The highest BCUT2D eigenvalue weighted by molar-refractivity contribution is 5.98. The van der Waals surface area contributed by atoms with E-state index in [0.29, 0.717) is 25.7 Å². The summed E-state index contributed by atoms with van der Waals surface area (Å²) in [5.41, 5.74) is 3.18. The van der Waals surface area contributed by atoms with Crippen LogP contribution in [0.5, 0.6) is 17.2 Å². The fraction of sp³-hybridized carbons (Fsp3) is 0.409. The largest absolute Gasteiger partial charge is 0.486 e. The zero-order chi connectivity index (χ0) is 19.0. The lowest BCUT2D eigenvalue weighted by atomic mass is 9.98. The molecule has 0 aromatic heterocycles. The number of hydrogen-bond donors (Lipinski definition) is 0. The van der Waals surface area contributed by atoms with Gasteiger partial charge in [-0.25, -0.2) is 0 Å². The lowest BCUT2D eigenvalue weighted by Crippen LogP contribution is -2.41. The van der Waals surface area contributed by atoms with Crippen LogP contribution in [0.1, 0.15) is 43.7 Å². The van der Waals surface area contributed by atoms with Crippen molar-refractivity contribution in [2.75, 3.05) is 31.3 Å². The van der Waals surface area contributed by atoms with Gasteiger partial charge in [-0.1, -0.05) is 32.9 Å². The second-order valence-corrected chi connectivity index (χ2v) is 7.48. The minimum Gasteiger partial charge on any atom is -0.486 e. The Bertz CT molecular complexity index is 861. The maximum Gasteiger partial charge on any atom is 0.265 e. The Labute approximate surface area is 159 Å². The van der Waals surface area contributed by atoms with Crippen LogP contribution in [0.4, 0.5) is 5.69 Å². The number of carbonyl (C=O) groups is 1. The molecule has 5 heteroatoms. The van der Waals surface area contributed by atoms with Crippen molar-refractivity contribution in [2.24, 2.45) is 0 Å². The van der Waals surface area contributed by atoms with Crippen molar-refractivity contribution in [1.29, 1.82) is 0 Å². The first kappa shape index (κ1) is 17.7. The van der Waals surface area contributed by atoms with Crippen molar-refractivity contribution in [3.05, 3.63) is 47.5 Å². The van der Waals surface area contributed by atoms with E-state index in [1.807, 2.05) is 35.2 Å². The summed E-state index contributed by atoms with van der Waals surface area (Å²) in [6.07, 6.45) is 0. The van der Waals surface area contributed by atoms with E-state index < -0.39 is 0 Å². The number of ether oxygens (including phenoxy) is 3. The Hall–Kier alpha value is -2.69. The summed E-state index contributed by atoms with van der Waals surface area (Å²) in [6.45, 7) is 8.25. The monoisotopic (exact) mass is 367 g/mol. The number of fused-ring (bicyclic) bond motifs is 2. The molecule has 0 bridgehead atoms. The highest BCUT2D eigenvalue weighted by atomic mass is 16.6. The number of nitrogens with zero attached hydrogens (tertiary/aromatic N) is 1. The standard InChI is InChI=1S/C22H25NO4/c1-14(2)16-4-6-18-20(10-16)27-13-22(24)23(18)12-15(3)17-5-7-19-21(11-17)26-9-8-25-19/h4-7,10-11,14-15H,8-9,12-13H2,1-3H3. The molecule has 0 N–H and O–H groups in total. The van der Waals surface area contributed by atoms with Crippen molar-refractivity contribution < 1.29 is 19.0 Å². The highest BCUT2D eigenvalue weighted by Gasteiger charge is 2.28. The number of rotatable bonds is 4. The zero-order valence-corrected chi connectivity index (χ0v) is 16.0. The molecule has 2 heterocycles. The fourth-order valence-corrected chi connectivity index (χ4v) is 3.53. The summed E-state index contributed by atoms with van der Waals surface area (Å²) < 4.78 is 17.0. The lowest BCUT2D eigenvalue weighted by Gasteiger charge is -2.32. The Kier molecular flexibility index (Phi) is 4.68. The number of hydrogen-bond acceptors (Lipinski definition) is 4. The number of amides is 1. The first-order chi connectivity index (χ1) is 13.0. The van der Waals surface area contributed by atoms with Gasteiger partial charge in [0.05, 0.1) is 5.69 Å². The summed E-state index contributed by atoms with van der Waals surface area (Å²) in [5, 5.41) is 0. The molecule has 1 atom stereocenters. The van der Waals surface area contributed by atoms with Crippen molar-refractivity contribution in [3.63, 3.8) is 0 Å². The molecule has 2 aliphatic heterocycles. The number of carbonyl (C=O) groups excluding carboxylic acids is 1. The van der Waals surface area contributed by atoms with Crippen LogP contribution < -0.4 is 19.1 Å². The maximum absolute atomic E-state index is 12.5. The van der Waals surface area contributed by atoms with Gasteiger partial charge >= 0.3 is 0 Å². The number of benzene rings is 2. The molecule has 0 fully saturated rings. The third-order valence-electron chi connectivity index (χ3n) is 5.19. The van der Waals surface area contributed by atoms with Gasteiger partial charge in [0, 0.05) is 6.54 Å². The molecule has 0 radical (unpaired) electrons. The van der Waals surface area contributed by atoms with Crippen molar-refractivity contribution in [1.82, 2.24) is 0 Å². The normalized spacial score (nSPS) is 16.7. The Morgan fingerprint density at radius 2 is 1.59 bits per heavy atom. The molecule has 27 heavy (non-hydrogen) atoms. The van der Waals surface area contributed by atoms with Gasteiger partial charge in [-0.15, -0.1) is 0 Å². The zero-order valence-electron chi connectivity index (χ0n) is 16.0. The molecule has 5 nitrogen and oxygen atoms in total. The minimum absolute atomic E-state index is 0.0100. The van der Waals surface area contributed by atoms with Gasteiger partial charge in [-0.3, -0.25) is 4.79 Å². The molecule has 2 aromatic carbocycles. The molecule has 1 amide bonds. The smallest absolute Gasteiger partial charge is 0.265 e. The van der Waals surface area contributed by atoms with Gasteiger partial charge in [-0.2, -0.15) is 0 Å². The average molecular weight is 367 g/mol. The van der Waals surface area contributed by atoms with E-state index in [9.17, 15) is 4.79 Å². The van der Waals surface area contributed by atoms with Crippen LogP contribution in [-0.4, -0.2) is 32.3 Å².